The van der Waals surface area contributed by atoms with Crippen LogP contribution in [0.25, 0.3) is 0 Å². The standard InChI is InChI=1S/C8H11NO2SSe/c1-4-11-7(10)6-5(2)9(3)8(13)12-6/h4H2,1-3H3. The number of thiazole rings is 1. The summed E-state index contributed by atoms with van der Waals surface area (Å²) in [5.41, 5.74) is 0.942. The molecule has 72 valence electrons. The van der Waals surface area contributed by atoms with Gasteiger partial charge in [-0.3, -0.25) is 0 Å². The fourth-order valence-corrected chi connectivity index (χ4v) is 2.59. The van der Waals surface area contributed by atoms with Gasteiger partial charge in [0.05, 0.1) is 0 Å². The van der Waals surface area contributed by atoms with Gasteiger partial charge >= 0.3 is 88.6 Å². The summed E-state index contributed by atoms with van der Waals surface area (Å²) in [7, 11) is 1.92. The third-order valence-corrected chi connectivity index (χ3v) is 3.97. The van der Waals surface area contributed by atoms with Crippen molar-refractivity contribution in [3.05, 3.63) is 14.1 Å². The van der Waals surface area contributed by atoms with Crippen LogP contribution in [-0.4, -0.2) is 32.7 Å². The molecule has 1 rings (SSSR count). The van der Waals surface area contributed by atoms with Crippen LogP contribution in [0.2, 0.25) is 0 Å². The van der Waals surface area contributed by atoms with Gasteiger partial charge in [0, 0.05) is 0 Å². The first-order valence-electron chi connectivity index (χ1n) is 3.91. The van der Waals surface area contributed by atoms with E-state index in [4.69, 9.17) is 4.74 Å². The van der Waals surface area contributed by atoms with Crippen LogP contribution in [0, 0.1) is 10.4 Å². The first kappa shape index (κ1) is 10.7. The van der Waals surface area contributed by atoms with E-state index in [1.54, 1.807) is 6.92 Å². The zero-order valence-electron chi connectivity index (χ0n) is 7.79. The van der Waals surface area contributed by atoms with Crippen molar-refractivity contribution in [2.45, 2.75) is 13.8 Å². The summed E-state index contributed by atoms with van der Waals surface area (Å²) in [6, 6.07) is 0. The van der Waals surface area contributed by atoms with Gasteiger partial charge in [0.25, 0.3) is 0 Å². The number of rotatable bonds is 2. The molecule has 1 heterocycles. The van der Waals surface area contributed by atoms with Crippen molar-refractivity contribution in [2.75, 3.05) is 6.61 Å². The Morgan fingerprint density at radius 3 is 2.69 bits per heavy atom. The van der Waals surface area contributed by atoms with Crippen LogP contribution >= 0.6 is 11.3 Å². The van der Waals surface area contributed by atoms with Crippen LogP contribution in [-0.2, 0) is 11.8 Å². The summed E-state index contributed by atoms with van der Waals surface area (Å²) in [5.74, 6) is -0.234. The number of esters is 1. The van der Waals surface area contributed by atoms with Gasteiger partial charge in [-0.1, -0.05) is 0 Å². The molecule has 13 heavy (non-hydrogen) atoms. The Balaban J connectivity index is 3.09. The predicted molar refractivity (Wildman–Crippen MR) is 53.0 cm³/mol. The minimum absolute atomic E-state index is 0.234. The maximum atomic E-state index is 11.4. The Morgan fingerprint density at radius 2 is 2.31 bits per heavy atom. The Labute approximate surface area is 88.7 Å². The number of hydrogen-bond donors (Lipinski definition) is 0. The number of nitrogens with zero attached hydrogens (tertiary/aromatic N) is 1. The van der Waals surface area contributed by atoms with E-state index in [2.05, 4.69) is 15.6 Å². The molecule has 0 spiro atoms. The fourth-order valence-electron chi connectivity index (χ4n) is 0.905. The molecule has 0 radical (unpaired) electrons. The van der Waals surface area contributed by atoms with Gasteiger partial charge in [0.2, 0.25) is 0 Å². The monoisotopic (exact) mass is 265 g/mol. The first-order chi connectivity index (χ1) is 6.07. The topological polar surface area (TPSA) is 31.2 Å². The molecule has 0 fully saturated rings. The molecular weight excluding hydrogens is 253 g/mol. The second-order valence-electron chi connectivity index (χ2n) is 2.56. The molecule has 0 aliphatic carbocycles. The molecule has 0 saturated heterocycles. The van der Waals surface area contributed by atoms with Gasteiger partial charge in [-0.2, -0.15) is 0 Å². The molecule has 5 heteroatoms. The zero-order valence-corrected chi connectivity index (χ0v) is 10.3. The van der Waals surface area contributed by atoms with Gasteiger partial charge in [0.1, 0.15) is 0 Å². The van der Waals surface area contributed by atoms with Crippen molar-refractivity contribution in [2.24, 2.45) is 7.05 Å². The van der Waals surface area contributed by atoms with Crippen molar-refractivity contribution in [3.8, 4) is 0 Å². The molecule has 0 atom stereocenters. The van der Waals surface area contributed by atoms with Crippen molar-refractivity contribution in [1.82, 2.24) is 4.57 Å². The molecule has 1 aromatic heterocycles. The van der Waals surface area contributed by atoms with Gasteiger partial charge in [-0.25, -0.2) is 0 Å². The number of carbonyl (C=O) groups is 1. The van der Waals surface area contributed by atoms with Crippen LogP contribution in [0.15, 0.2) is 0 Å². The van der Waals surface area contributed by atoms with Gasteiger partial charge < -0.3 is 0 Å². The van der Waals surface area contributed by atoms with E-state index in [0.717, 1.165) is 9.20 Å². The van der Waals surface area contributed by atoms with Crippen molar-refractivity contribution in [1.29, 1.82) is 0 Å². The molecule has 0 aliphatic rings. The molecule has 0 amide bonds. The normalized spacial score (nSPS) is 10.1. The van der Waals surface area contributed by atoms with Crippen molar-refractivity contribution >= 4 is 32.9 Å². The van der Waals surface area contributed by atoms with E-state index in [-0.39, 0.29) is 5.97 Å². The van der Waals surface area contributed by atoms with E-state index in [0.29, 0.717) is 11.5 Å². The Kier molecular flexibility index (Phi) is 3.47. The van der Waals surface area contributed by atoms with E-state index >= 15 is 0 Å². The van der Waals surface area contributed by atoms with Gasteiger partial charge in [-0.15, -0.1) is 0 Å². The average Bonchev–Trinajstić information content (AvgIpc) is 2.33. The van der Waals surface area contributed by atoms with Crippen LogP contribution in [0.5, 0.6) is 0 Å². The number of aromatic nitrogens is 1. The summed E-state index contributed by atoms with van der Waals surface area (Å²) in [5, 5.41) is 0. The molecule has 0 unspecified atom stereocenters. The quantitative estimate of drug-likeness (QED) is 0.595. The Hall–Kier alpha value is -0.381. The van der Waals surface area contributed by atoms with Crippen LogP contribution in [0.4, 0.5) is 0 Å². The van der Waals surface area contributed by atoms with E-state index in [1.807, 2.05) is 18.5 Å². The third kappa shape index (κ3) is 2.10. The summed E-state index contributed by atoms with van der Waals surface area (Å²) < 4.78 is 7.85. The molecule has 1 aromatic rings. The third-order valence-electron chi connectivity index (χ3n) is 1.76. The van der Waals surface area contributed by atoms with E-state index in [9.17, 15) is 4.79 Å². The molecule has 0 N–H and O–H groups in total. The molecule has 3 nitrogen and oxygen atoms in total. The first-order valence-corrected chi connectivity index (χ1v) is 5.58. The second-order valence-corrected chi connectivity index (χ2v) is 4.96. The number of carbonyl (C=O) groups excluding carboxylic acids is 1. The SMILES string of the molecule is CCOC(=O)c1sc(=[Se])n(C)c1C. The predicted octanol–water partition coefficient (Wildman–Crippen LogP) is 1.27. The molecule has 0 saturated carbocycles. The number of ether oxygens (including phenoxy) is 1. The van der Waals surface area contributed by atoms with Crippen molar-refractivity contribution < 1.29 is 9.53 Å². The van der Waals surface area contributed by atoms with Crippen molar-refractivity contribution in [3.63, 3.8) is 0 Å². The van der Waals surface area contributed by atoms with E-state index < -0.39 is 0 Å². The second kappa shape index (κ2) is 4.22. The Morgan fingerprint density at radius 1 is 1.69 bits per heavy atom. The molecule has 0 aliphatic heterocycles. The average molecular weight is 264 g/mol. The Bertz CT molecular complexity index is 380. The maximum absolute atomic E-state index is 11.4. The summed E-state index contributed by atoms with van der Waals surface area (Å²) >= 11 is 4.32. The zero-order chi connectivity index (χ0) is 10.0. The summed E-state index contributed by atoms with van der Waals surface area (Å²) in [4.78, 5) is 12.1. The molecular formula is C8H11NO2SSe. The number of hydrogen-bond acceptors (Lipinski definition) is 3. The van der Waals surface area contributed by atoms with Crippen LogP contribution < -0.4 is 0 Å². The molecule has 0 aromatic carbocycles. The fraction of sp³-hybridized carbons (Fsp3) is 0.500. The van der Waals surface area contributed by atoms with Crippen LogP contribution in [0.3, 0.4) is 0 Å². The summed E-state index contributed by atoms with van der Waals surface area (Å²) in [6.45, 7) is 4.13. The van der Waals surface area contributed by atoms with Gasteiger partial charge in [0.15, 0.2) is 0 Å². The van der Waals surface area contributed by atoms with Crippen LogP contribution in [0.1, 0.15) is 22.3 Å². The molecule has 0 bridgehead atoms. The minimum atomic E-state index is -0.234. The van der Waals surface area contributed by atoms with E-state index in [1.165, 1.54) is 11.3 Å². The van der Waals surface area contributed by atoms with Gasteiger partial charge in [-0.05, 0) is 0 Å². The summed E-state index contributed by atoms with van der Waals surface area (Å²) in [6.07, 6.45) is 0.